The van der Waals surface area contributed by atoms with Crippen LogP contribution in [0.1, 0.15) is 18.4 Å². The molecule has 2 rings (SSSR count). The zero-order valence-corrected chi connectivity index (χ0v) is 9.90. The average molecular weight is 240 g/mol. The van der Waals surface area contributed by atoms with Crippen molar-refractivity contribution in [2.24, 2.45) is 0 Å². The van der Waals surface area contributed by atoms with E-state index in [9.17, 15) is 4.39 Å². The van der Waals surface area contributed by atoms with Crippen LogP contribution in [0.4, 0.5) is 10.2 Å². The quantitative estimate of drug-likeness (QED) is 0.865. The Morgan fingerprint density at radius 1 is 1.53 bits per heavy atom. The number of hydrogen-bond donors (Lipinski definition) is 1. The minimum absolute atomic E-state index is 0.260. The molecule has 1 saturated heterocycles. The zero-order valence-electron chi connectivity index (χ0n) is 9.90. The second-order valence-corrected chi connectivity index (χ2v) is 4.19. The van der Waals surface area contributed by atoms with Crippen LogP contribution in [0.15, 0.2) is 12.3 Å². The van der Waals surface area contributed by atoms with Crippen molar-refractivity contribution in [1.82, 2.24) is 4.98 Å². The van der Waals surface area contributed by atoms with Crippen molar-refractivity contribution in [3.05, 3.63) is 23.6 Å². The van der Waals surface area contributed by atoms with Gasteiger partial charge < -0.3 is 14.7 Å². The summed E-state index contributed by atoms with van der Waals surface area (Å²) in [5.74, 6) is -0.0723. The molecule has 0 amide bonds. The van der Waals surface area contributed by atoms with Gasteiger partial charge in [-0.15, -0.1) is 0 Å². The van der Waals surface area contributed by atoms with Crippen molar-refractivity contribution >= 4 is 5.82 Å². The predicted octanol–water partition coefficient (Wildman–Crippen LogP) is 1.33. The smallest absolute Gasteiger partial charge is 0.171 e. The van der Waals surface area contributed by atoms with Gasteiger partial charge in [0.05, 0.1) is 12.7 Å². The van der Waals surface area contributed by atoms with Crippen LogP contribution in [-0.2, 0) is 11.3 Å². The standard InChI is InChI=1S/C12H17FN2O2/c1-17-10-3-6-15(7-4-10)12-11(13)9(8-16)2-5-14-12/h2,5,10,16H,3-4,6-8H2,1H3. The minimum Gasteiger partial charge on any atom is -0.392 e. The molecule has 0 radical (unpaired) electrons. The molecule has 1 aromatic heterocycles. The molecule has 1 aliphatic rings. The molecule has 0 bridgehead atoms. The first-order chi connectivity index (χ1) is 8.26. The summed E-state index contributed by atoms with van der Waals surface area (Å²) in [6.45, 7) is 1.17. The molecule has 2 heterocycles. The lowest BCUT2D eigenvalue weighted by atomic mass is 10.1. The maximum absolute atomic E-state index is 13.9. The lowest BCUT2D eigenvalue weighted by Gasteiger charge is -2.32. The van der Waals surface area contributed by atoms with E-state index in [0.717, 1.165) is 25.9 Å². The van der Waals surface area contributed by atoms with E-state index in [2.05, 4.69) is 4.98 Å². The Bertz CT molecular complexity index is 379. The second-order valence-electron chi connectivity index (χ2n) is 4.19. The number of hydrogen-bond acceptors (Lipinski definition) is 4. The van der Waals surface area contributed by atoms with Crippen LogP contribution in [-0.4, -0.2) is 36.4 Å². The van der Waals surface area contributed by atoms with E-state index in [1.54, 1.807) is 7.11 Å². The molecule has 0 atom stereocenters. The van der Waals surface area contributed by atoms with Crippen LogP contribution in [0.5, 0.6) is 0 Å². The number of rotatable bonds is 3. The molecule has 4 nitrogen and oxygen atoms in total. The molecule has 0 aromatic carbocycles. The topological polar surface area (TPSA) is 45.6 Å². The maximum Gasteiger partial charge on any atom is 0.171 e. The molecule has 1 aliphatic heterocycles. The Balaban J connectivity index is 2.13. The molecule has 0 unspecified atom stereocenters. The molecular weight excluding hydrogens is 223 g/mol. The number of nitrogens with zero attached hydrogens (tertiary/aromatic N) is 2. The highest BCUT2D eigenvalue weighted by atomic mass is 19.1. The lowest BCUT2D eigenvalue weighted by Crippen LogP contribution is -2.37. The summed E-state index contributed by atoms with van der Waals surface area (Å²) in [6, 6.07) is 1.50. The molecule has 1 aromatic rings. The van der Waals surface area contributed by atoms with Crippen molar-refractivity contribution in [1.29, 1.82) is 0 Å². The number of aliphatic hydroxyl groups is 1. The van der Waals surface area contributed by atoms with Crippen molar-refractivity contribution in [2.75, 3.05) is 25.1 Å². The van der Waals surface area contributed by atoms with Gasteiger partial charge in [0.2, 0.25) is 0 Å². The monoisotopic (exact) mass is 240 g/mol. The average Bonchev–Trinajstić information content (AvgIpc) is 2.39. The van der Waals surface area contributed by atoms with Gasteiger partial charge in [0.25, 0.3) is 0 Å². The first-order valence-electron chi connectivity index (χ1n) is 5.78. The van der Waals surface area contributed by atoms with Gasteiger partial charge in [-0.2, -0.15) is 0 Å². The third-order valence-corrected chi connectivity index (χ3v) is 3.20. The molecule has 17 heavy (non-hydrogen) atoms. The van der Waals surface area contributed by atoms with E-state index in [1.807, 2.05) is 4.90 Å². The fraction of sp³-hybridized carbons (Fsp3) is 0.583. The molecule has 5 heteroatoms. The SMILES string of the molecule is COC1CCN(c2nccc(CO)c2F)CC1. The third kappa shape index (κ3) is 2.56. The molecule has 1 N–H and O–H groups in total. The normalized spacial score (nSPS) is 17.5. The number of aliphatic hydroxyl groups excluding tert-OH is 1. The number of piperidine rings is 1. The summed E-state index contributed by atoms with van der Waals surface area (Å²) < 4.78 is 19.2. The summed E-state index contributed by atoms with van der Waals surface area (Å²) in [7, 11) is 1.70. The van der Waals surface area contributed by atoms with E-state index in [-0.39, 0.29) is 12.7 Å². The van der Waals surface area contributed by atoms with Gasteiger partial charge in [0.15, 0.2) is 11.6 Å². The number of pyridine rings is 1. The van der Waals surface area contributed by atoms with Crippen LogP contribution >= 0.6 is 0 Å². The largest absolute Gasteiger partial charge is 0.392 e. The highest BCUT2D eigenvalue weighted by Gasteiger charge is 2.22. The summed E-state index contributed by atoms with van der Waals surface area (Å²) >= 11 is 0. The van der Waals surface area contributed by atoms with Gasteiger partial charge in [-0.05, 0) is 18.9 Å². The number of aromatic nitrogens is 1. The van der Waals surface area contributed by atoms with E-state index in [1.165, 1.54) is 12.3 Å². The lowest BCUT2D eigenvalue weighted by molar-refractivity contribution is 0.0816. The number of methoxy groups -OCH3 is 1. The van der Waals surface area contributed by atoms with Crippen molar-refractivity contribution < 1.29 is 14.2 Å². The Morgan fingerprint density at radius 2 is 2.24 bits per heavy atom. The first kappa shape index (κ1) is 12.3. The zero-order chi connectivity index (χ0) is 12.3. The second kappa shape index (κ2) is 5.42. The van der Waals surface area contributed by atoms with Crippen molar-refractivity contribution in [3.8, 4) is 0 Å². The van der Waals surface area contributed by atoms with E-state index >= 15 is 0 Å². The Labute approximate surface area is 100 Å². The first-order valence-corrected chi connectivity index (χ1v) is 5.78. The predicted molar refractivity (Wildman–Crippen MR) is 62.4 cm³/mol. The third-order valence-electron chi connectivity index (χ3n) is 3.20. The number of halogens is 1. The number of anilines is 1. The molecule has 0 saturated carbocycles. The highest BCUT2D eigenvalue weighted by Crippen LogP contribution is 2.23. The molecule has 1 fully saturated rings. The van der Waals surface area contributed by atoms with Crippen LogP contribution in [0.3, 0.4) is 0 Å². The Hall–Kier alpha value is -1.20. The summed E-state index contributed by atoms with van der Waals surface area (Å²) in [5, 5.41) is 9.02. The van der Waals surface area contributed by atoms with Crippen LogP contribution < -0.4 is 4.90 Å². The summed E-state index contributed by atoms with van der Waals surface area (Å²) in [5.41, 5.74) is 0.295. The molecular formula is C12H17FN2O2. The fourth-order valence-electron chi connectivity index (χ4n) is 2.12. The van der Waals surface area contributed by atoms with Gasteiger partial charge in [-0.25, -0.2) is 9.37 Å². The Kier molecular flexibility index (Phi) is 3.91. The van der Waals surface area contributed by atoms with Crippen LogP contribution in [0, 0.1) is 5.82 Å². The fourth-order valence-corrected chi connectivity index (χ4v) is 2.12. The molecule has 94 valence electrons. The van der Waals surface area contributed by atoms with E-state index < -0.39 is 5.82 Å². The van der Waals surface area contributed by atoms with E-state index in [4.69, 9.17) is 9.84 Å². The Morgan fingerprint density at radius 3 is 2.82 bits per heavy atom. The molecule has 0 spiro atoms. The summed E-state index contributed by atoms with van der Waals surface area (Å²) in [6.07, 6.45) is 3.55. The number of ether oxygens (including phenoxy) is 1. The minimum atomic E-state index is -0.411. The summed E-state index contributed by atoms with van der Waals surface area (Å²) in [4.78, 5) is 5.97. The van der Waals surface area contributed by atoms with Gasteiger partial charge in [0.1, 0.15) is 0 Å². The highest BCUT2D eigenvalue weighted by molar-refractivity contribution is 5.43. The van der Waals surface area contributed by atoms with Gasteiger partial charge in [-0.1, -0.05) is 0 Å². The van der Waals surface area contributed by atoms with Crippen LogP contribution in [0.2, 0.25) is 0 Å². The molecule has 0 aliphatic carbocycles. The van der Waals surface area contributed by atoms with Gasteiger partial charge in [0, 0.05) is 32.0 Å². The van der Waals surface area contributed by atoms with Crippen LogP contribution in [0.25, 0.3) is 0 Å². The van der Waals surface area contributed by atoms with Crippen molar-refractivity contribution in [3.63, 3.8) is 0 Å². The maximum atomic E-state index is 13.9. The van der Waals surface area contributed by atoms with E-state index in [0.29, 0.717) is 11.4 Å². The van der Waals surface area contributed by atoms with Gasteiger partial charge in [-0.3, -0.25) is 0 Å². The van der Waals surface area contributed by atoms with Crippen molar-refractivity contribution in [2.45, 2.75) is 25.6 Å². The van der Waals surface area contributed by atoms with Gasteiger partial charge >= 0.3 is 0 Å².